The second-order valence-electron chi connectivity index (χ2n) is 12.8. The number of ketones is 4. The molecule has 4 aliphatic carbocycles. The van der Waals surface area contributed by atoms with Crippen molar-refractivity contribution in [2.75, 3.05) is 0 Å². The molecule has 0 saturated heterocycles. The lowest BCUT2D eigenvalue weighted by atomic mass is 9.27. The smallest absolute Gasteiger partial charge is 0.184 e. The van der Waals surface area contributed by atoms with Crippen molar-refractivity contribution < 1.29 is 19.2 Å². The fraction of sp³-hybridized carbons (Fsp3) is 0.515. The van der Waals surface area contributed by atoms with E-state index in [1.54, 1.807) is 24.3 Å². The highest BCUT2D eigenvalue weighted by Crippen LogP contribution is 2.75. The number of Topliss-reactive ketones (excluding diaryl/α,β-unsaturated/α-hetero) is 4. The molecule has 0 aromatic heterocycles. The lowest BCUT2D eigenvalue weighted by molar-refractivity contribution is -0.209. The Kier molecular flexibility index (Phi) is 6.50. The molecule has 4 fully saturated rings. The summed E-state index contributed by atoms with van der Waals surface area (Å²) < 4.78 is 0. The molecule has 1 aromatic carbocycles. The number of hydrogen-bond acceptors (Lipinski definition) is 4. The van der Waals surface area contributed by atoms with Gasteiger partial charge in [-0.25, -0.2) is 0 Å². The maximum atomic E-state index is 15.0. The van der Waals surface area contributed by atoms with Gasteiger partial charge in [-0.1, -0.05) is 79.1 Å². The minimum atomic E-state index is -1.90. The highest BCUT2D eigenvalue weighted by atomic mass is 16.2. The number of allylic oxidation sites excluding steroid dienone is 6. The van der Waals surface area contributed by atoms with E-state index in [-0.39, 0.29) is 30.5 Å². The van der Waals surface area contributed by atoms with Crippen LogP contribution < -0.4 is 0 Å². The molecule has 0 heterocycles. The standard InChI is InChI=1S/C33H40O4/c1-20(2)14-16-31-19-25-24(18-22(5)6)32(27(31)35,17-15-21(3)4)29(37)33(28(31)36,30(25,7)8)26(34)23-12-10-9-11-13-23/h9-15,18,24-25H,16-17,19H2,1-8H3/t24-,25+,31-,32+,33-/m0/s1. The molecular formula is C33H40O4. The molecule has 4 aliphatic rings. The molecule has 0 spiro atoms. The summed E-state index contributed by atoms with van der Waals surface area (Å²) in [6.45, 7) is 15.6. The van der Waals surface area contributed by atoms with Gasteiger partial charge in [0.2, 0.25) is 0 Å². The molecule has 4 saturated carbocycles. The number of benzene rings is 1. The number of rotatable bonds is 7. The summed E-state index contributed by atoms with van der Waals surface area (Å²) in [5, 5.41) is 0. The van der Waals surface area contributed by atoms with Gasteiger partial charge in [0.1, 0.15) is 0 Å². The lowest BCUT2D eigenvalue weighted by Gasteiger charge is -2.70. The molecule has 5 atom stereocenters. The molecule has 37 heavy (non-hydrogen) atoms. The van der Waals surface area contributed by atoms with Gasteiger partial charge >= 0.3 is 0 Å². The Balaban J connectivity index is 2.13. The van der Waals surface area contributed by atoms with Gasteiger partial charge in [0, 0.05) is 11.5 Å². The van der Waals surface area contributed by atoms with Crippen molar-refractivity contribution in [3.63, 3.8) is 0 Å². The molecule has 0 aliphatic heterocycles. The molecule has 4 nitrogen and oxygen atoms in total. The van der Waals surface area contributed by atoms with Crippen LogP contribution in [-0.2, 0) is 14.4 Å². The molecule has 0 N–H and O–H groups in total. The third-order valence-electron chi connectivity index (χ3n) is 9.41. The molecule has 0 unspecified atom stereocenters. The van der Waals surface area contributed by atoms with Crippen LogP contribution in [-0.4, -0.2) is 23.1 Å². The minimum absolute atomic E-state index is 0.181. The Hall–Kier alpha value is -2.88. The highest BCUT2D eigenvalue weighted by Gasteiger charge is 2.86. The Morgan fingerprint density at radius 3 is 1.92 bits per heavy atom. The maximum absolute atomic E-state index is 15.0. The molecule has 1 aromatic rings. The van der Waals surface area contributed by atoms with Gasteiger partial charge < -0.3 is 0 Å². The quantitative estimate of drug-likeness (QED) is 0.232. The van der Waals surface area contributed by atoms with Crippen LogP contribution in [0.5, 0.6) is 0 Å². The van der Waals surface area contributed by atoms with E-state index in [9.17, 15) is 14.4 Å². The predicted octanol–water partition coefficient (Wildman–Crippen LogP) is 6.90. The van der Waals surface area contributed by atoms with E-state index in [0.717, 1.165) is 16.7 Å². The normalized spacial score (nSPS) is 33.2. The SMILES string of the molecule is CC(C)=CC[C@]12C[C@@H]3[C@H](C=C(C)C)[C@](CC=C(C)C)(C1=O)C(=O)[C@](C(=O)c1ccccc1)(C2=O)C3(C)C. The van der Waals surface area contributed by atoms with Crippen LogP contribution in [0.25, 0.3) is 0 Å². The van der Waals surface area contributed by atoms with E-state index in [0.29, 0.717) is 12.0 Å². The average molecular weight is 501 g/mol. The van der Waals surface area contributed by atoms with Crippen molar-refractivity contribution in [2.45, 2.75) is 74.7 Å². The second kappa shape index (κ2) is 8.85. The maximum Gasteiger partial charge on any atom is 0.184 e. The van der Waals surface area contributed by atoms with Gasteiger partial charge in [-0.15, -0.1) is 0 Å². The number of carbonyl (C=O) groups excluding carboxylic acids is 4. The van der Waals surface area contributed by atoms with Gasteiger partial charge in [0.15, 0.2) is 28.5 Å². The fourth-order valence-corrected chi connectivity index (χ4v) is 7.59. The third-order valence-corrected chi connectivity index (χ3v) is 9.41. The van der Waals surface area contributed by atoms with E-state index >= 15 is 4.79 Å². The Labute approximate surface area is 221 Å². The van der Waals surface area contributed by atoms with Crippen LogP contribution in [0.15, 0.2) is 65.3 Å². The fourth-order valence-electron chi connectivity index (χ4n) is 7.59. The number of carbonyl (C=O) groups is 4. The highest BCUT2D eigenvalue weighted by molar-refractivity contribution is 6.42. The van der Waals surface area contributed by atoms with Gasteiger partial charge in [-0.05, 0) is 72.1 Å². The Morgan fingerprint density at radius 1 is 0.811 bits per heavy atom. The van der Waals surface area contributed by atoms with E-state index in [1.807, 2.05) is 73.6 Å². The summed E-state index contributed by atoms with van der Waals surface area (Å²) in [4.78, 5) is 59.0. The molecular weight excluding hydrogens is 460 g/mol. The van der Waals surface area contributed by atoms with Crippen molar-refractivity contribution in [3.05, 3.63) is 70.8 Å². The summed E-state index contributed by atoms with van der Waals surface area (Å²) in [5.74, 6) is -2.25. The first-order valence-corrected chi connectivity index (χ1v) is 13.4. The van der Waals surface area contributed by atoms with Crippen LogP contribution >= 0.6 is 0 Å². The van der Waals surface area contributed by atoms with E-state index in [2.05, 4.69) is 6.08 Å². The zero-order chi connectivity index (χ0) is 27.6. The monoisotopic (exact) mass is 500 g/mol. The third kappa shape index (κ3) is 3.40. The summed E-state index contributed by atoms with van der Waals surface area (Å²) in [7, 11) is 0. The molecule has 4 heteroatoms. The van der Waals surface area contributed by atoms with Crippen LogP contribution in [0, 0.1) is 33.5 Å². The Morgan fingerprint density at radius 2 is 1.38 bits per heavy atom. The van der Waals surface area contributed by atoms with Crippen molar-refractivity contribution in [1.29, 1.82) is 0 Å². The molecule has 5 rings (SSSR count). The zero-order valence-electron chi connectivity index (χ0n) is 23.5. The minimum Gasteiger partial charge on any atom is -0.297 e. The van der Waals surface area contributed by atoms with Crippen molar-refractivity contribution >= 4 is 23.1 Å². The molecule has 0 radical (unpaired) electrons. The first-order valence-electron chi connectivity index (χ1n) is 13.4. The number of hydrogen-bond donors (Lipinski definition) is 0. The summed E-state index contributed by atoms with van der Waals surface area (Å²) in [6.07, 6.45) is 6.76. The van der Waals surface area contributed by atoms with Gasteiger partial charge in [0.05, 0.1) is 10.8 Å². The summed E-state index contributed by atoms with van der Waals surface area (Å²) in [5.41, 5.74) is -2.29. The van der Waals surface area contributed by atoms with Gasteiger partial charge in [0.25, 0.3) is 0 Å². The van der Waals surface area contributed by atoms with Crippen LogP contribution in [0.3, 0.4) is 0 Å². The summed E-state index contributed by atoms with van der Waals surface area (Å²) in [6, 6.07) is 8.68. The van der Waals surface area contributed by atoms with E-state index in [1.165, 1.54) is 0 Å². The van der Waals surface area contributed by atoms with Gasteiger partial charge in [-0.2, -0.15) is 0 Å². The van der Waals surface area contributed by atoms with Crippen LogP contribution in [0.4, 0.5) is 0 Å². The van der Waals surface area contributed by atoms with E-state index in [4.69, 9.17) is 0 Å². The van der Waals surface area contributed by atoms with Crippen molar-refractivity contribution in [1.82, 2.24) is 0 Å². The van der Waals surface area contributed by atoms with Crippen molar-refractivity contribution in [3.8, 4) is 0 Å². The first kappa shape index (κ1) is 27.2. The van der Waals surface area contributed by atoms with E-state index < -0.39 is 39.0 Å². The molecule has 0 amide bonds. The molecule has 196 valence electrons. The molecule has 4 bridgehead atoms. The van der Waals surface area contributed by atoms with Crippen LogP contribution in [0.1, 0.15) is 85.0 Å². The lowest BCUT2D eigenvalue weighted by Crippen LogP contribution is -2.83. The zero-order valence-corrected chi connectivity index (χ0v) is 23.5. The largest absolute Gasteiger partial charge is 0.297 e. The van der Waals surface area contributed by atoms with Gasteiger partial charge in [-0.3, -0.25) is 19.2 Å². The average Bonchev–Trinajstić information content (AvgIpc) is 2.82. The first-order chi connectivity index (χ1) is 17.2. The predicted molar refractivity (Wildman–Crippen MR) is 146 cm³/mol. The van der Waals surface area contributed by atoms with Crippen LogP contribution in [0.2, 0.25) is 0 Å². The van der Waals surface area contributed by atoms with Crippen molar-refractivity contribution in [2.24, 2.45) is 33.5 Å². The second-order valence-corrected chi connectivity index (χ2v) is 12.8. The topological polar surface area (TPSA) is 68.3 Å². The Bertz CT molecular complexity index is 1260. The summed E-state index contributed by atoms with van der Waals surface area (Å²) >= 11 is 0.